The molecule has 2 amide bonds. The van der Waals surface area contributed by atoms with Crippen LogP contribution in [0.3, 0.4) is 0 Å². The molecular formula is C25H25N3O2. The highest BCUT2D eigenvalue weighted by Gasteiger charge is 2.58. The largest absolute Gasteiger partial charge is 0.378 e. The second-order valence-corrected chi connectivity index (χ2v) is 7.81. The van der Waals surface area contributed by atoms with Crippen LogP contribution in [0.1, 0.15) is 17.5 Å². The summed E-state index contributed by atoms with van der Waals surface area (Å²) >= 11 is 0. The number of aryl methyl sites for hydroxylation is 1. The molecule has 4 rings (SSSR count). The van der Waals surface area contributed by atoms with Crippen molar-refractivity contribution >= 4 is 28.9 Å². The molecule has 3 aromatic carbocycles. The number of benzene rings is 3. The van der Waals surface area contributed by atoms with Crippen molar-refractivity contribution < 1.29 is 9.59 Å². The van der Waals surface area contributed by atoms with Crippen LogP contribution in [0.2, 0.25) is 0 Å². The second-order valence-electron chi connectivity index (χ2n) is 7.81. The Labute approximate surface area is 176 Å². The van der Waals surface area contributed by atoms with Gasteiger partial charge < -0.3 is 10.2 Å². The zero-order valence-corrected chi connectivity index (χ0v) is 17.4. The third kappa shape index (κ3) is 3.22. The first-order valence-electron chi connectivity index (χ1n) is 9.96. The minimum atomic E-state index is -1.09. The minimum absolute atomic E-state index is 0.0715. The van der Waals surface area contributed by atoms with Crippen LogP contribution in [-0.4, -0.2) is 25.9 Å². The van der Waals surface area contributed by atoms with Gasteiger partial charge in [0.05, 0.1) is 6.42 Å². The molecule has 1 aliphatic heterocycles. The zero-order valence-electron chi connectivity index (χ0n) is 17.4. The number of para-hydroxylation sites is 2. The number of carbonyl (C=O) groups excluding carboxylic acids is 2. The Bertz CT molecular complexity index is 1080. The van der Waals surface area contributed by atoms with Crippen LogP contribution in [0.25, 0.3) is 0 Å². The molecule has 0 aromatic heterocycles. The molecule has 5 nitrogen and oxygen atoms in total. The molecule has 0 spiro atoms. The normalized spacial score (nSPS) is 18.0. The van der Waals surface area contributed by atoms with Crippen LogP contribution < -0.4 is 15.1 Å². The first-order valence-corrected chi connectivity index (χ1v) is 9.96. The van der Waals surface area contributed by atoms with Gasteiger partial charge in [-0.05, 0) is 48.4 Å². The maximum atomic E-state index is 13.7. The topological polar surface area (TPSA) is 52.7 Å². The van der Waals surface area contributed by atoms with E-state index in [-0.39, 0.29) is 18.2 Å². The Morgan fingerprint density at radius 3 is 2.17 bits per heavy atom. The van der Waals surface area contributed by atoms with E-state index in [2.05, 4.69) is 5.32 Å². The highest BCUT2D eigenvalue weighted by atomic mass is 16.2. The summed E-state index contributed by atoms with van der Waals surface area (Å²) in [7, 11) is 3.94. The summed E-state index contributed by atoms with van der Waals surface area (Å²) in [5, 5.41) is 3.07. The number of β-lactam (4-membered cyclic amide) rings is 1. The van der Waals surface area contributed by atoms with Gasteiger partial charge >= 0.3 is 0 Å². The number of hydrogen-bond acceptors (Lipinski definition) is 3. The van der Waals surface area contributed by atoms with Crippen molar-refractivity contribution in [1.82, 2.24) is 0 Å². The minimum Gasteiger partial charge on any atom is -0.378 e. The summed E-state index contributed by atoms with van der Waals surface area (Å²) in [5.41, 5.74) is 3.17. The first-order chi connectivity index (χ1) is 14.4. The van der Waals surface area contributed by atoms with E-state index < -0.39 is 5.54 Å². The van der Waals surface area contributed by atoms with E-state index >= 15 is 0 Å². The summed E-state index contributed by atoms with van der Waals surface area (Å²) in [5.74, 6) is -0.282. The number of nitrogens with zero attached hydrogens (tertiary/aromatic N) is 2. The van der Waals surface area contributed by atoms with Crippen LogP contribution in [0.15, 0.2) is 78.9 Å². The molecule has 0 radical (unpaired) electrons. The van der Waals surface area contributed by atoms with Gasteiger partial charge in [0.15, 0.2) is 5.54 Å². The van der Waals surface area contributed by atoms with E-state index in [1.165, 1.54) is 0 Å². The lowest BCUT2D eigenvalue weighted by Crippen LogP contribution is -2.67. The van der Waals surface area contributed by atoms with Gasteiger partial charge in [0.2, 0.25) is 5.91 Å². The van der Waals surface area contributed by atoms with Gasteiger partial charge in [0, 0.05) is 31.2 Å². The second kappa shape index (κ2) is 7.67. The van der Waals surface area contributed by atoms with Crippen molar-refractivity contribution in [3.05, 3.63) is 90.0 Å². The Morgan fingerprint density at radius 2 is 1.57 bits per heavy atom. The fourth-order valence-corrected chi connectivity index (χ4v) is 3.96. The number of amides is 2. The Hall–Kier alpha value is -3.60. The molecular weight excluding hydrogens is 374 g/mol. The van der Waals surface area contributed by atoms with Gasteiger partial charge in [-0.3, -0.25) is 14.5 Å². The number of anilines is 3. The van der Waals surface area contributed by atoms with Crippen LogP contribution in [0, 0.1) is 6.92 Å². The summed E-state index contributed by atoms with van der Waals surface area (Å²) in [6.07, 6.45) is 0.126. The quantitative estimate of drug-likeness (QED) is 0.650. The number of nitrogens with one attached hydrogen (secondary N) is 1. The summed E-state index contributed by atoms with van der Waals surface area (Å²) in [6.45, 7) is 1.95. The predicted octanol–water partition coefficient (Wildman–Crippen LogP) is 4.33. The van der Waals surface area contributed by atoms with Crippen molar-refractivity contribution in [3.63, 3.8) is 0 Å². The lowest BCUT2D eigenvalue weighted by Gasteiger charge is -2.50. The van der Waals surface area contributed by atoms with E-state index in [0.29, 0.717) is 5.69 Å². The molecule has 152 valence electrons. The molecule has 0 saturated carbocycles. The number of carbonyl (C=O) groups is 2. The maximum Gasteiger partial charge on any atom is 0.255 e. The van der Waals surface area contributed by atoms with E-state index in [4.69, 9.17) is 0 Å². The Balaban J connectivity index is 1.80. The molecule has 0 aliphatic carbocycles. The number of rotatable bonds is 5. The Morgan fingerprint density at radius 1 is 0.933 bits per heavy atom. The molecule has 1 fully saturated rings. The monoisotopic (exact) mass is 399 g/mol. The van der Waals surface area contributed by atoms with Crippen LogP contribution in [-0.2, 0) is 15.1 Å². The highest BCUT2D eigenvalue weighted by molar-refractivity contribution is 6.17. The van der Waals surface area contributed by atoms with Crippen molar-refractivity contribution in [2.45, 2.75) is 18.9 Å². The lowest BCUT2D eigenvalue weighted by molar-refractivity contribution is -0.137. The van der Waals surface area contributed by atoms with E-state index in [9.17, 15) is 9.59 Å². The van der Waals surface area contributed by atoms with Gasteiger partial charge in [-0.1, -0.05) is 48.5 Å². The van der Waals surface area contributed by atoms with E-state index in [1.54, 1.807) is 4.90 Å². The van der Waals surface area contributed by atoms with E-state index in [0.717, 1.165) is 22.5 Å². The summed E-state index contributed by atoms with van der Waals surface area (Å²) in [6, 6.07) is 24.9. The summed E-state index contributed by atoms with van der Waals surface area (Å²) < 4.78 is 0. The molecule has 3 aromatic rings. The molecule has 1 saturated heterocycles. The molecule has 1 N–H and O–H groups in total. The van der Waals surface area contributed by atoms with Crippen LogP contribution >= 0.6 is 0 Å². The standard InChI is InChI=1S/C25H25N3O2/c1-18-9-7-8-12-22(18)26-24(30)25(19-13-15-20(16-14-19)27(2)3)17-23(29)28(25)21-10-5-4-6-11-21/h4-16H,17H2,1-3H3,(H,26,30)/t25-/m1/s1. The van der Waals surface area contributed by atoms with Gasteiger partial charge in [-0.2, -0.15) is 0 Å². The number of hydrogen-bond donors (Lipinski definition) is 1. The van der Waals surface area contributed by atoms with Crippen LogP contribution in [0.5, 0.6) is 0 Å². The molecule has 1 aliphatic rings. The predicted molar refractivity (Wildman–Crippen MR) is 121 cm³/mol. The fourth-order valence-electron chi connectivity index (χ4n) is 3.96. The van der Waals surface area contributed by atoms with Crippen LogP contribution in [0.4, 0.5) is 17.1 Å². The molecule has 1 heterocycles. The first kappa shape index (κ1) is 19.7. The third-order valence-corrected chi connectivity index (χ3v) is 5.68. The van der Waals surface area contributed by atoms with Crippen molar-refractivity contribution in [2.24, 2.45) is 0 Å². The SMILES string of the molecule is Cc1ccccc1NC(=O)[C@]1(c2ccc(N(C)C)cc2)CC(=O)N1c1ccccc1. The van der Waals surface area contributed by atoms with Crippen molar-refractivity contribution in [2.75, 3.05) is 29.2 Å². The molecule has 5 heteroatoms. The highest BCUT2D eigenvalue weighted by Crippen LogP contribution is 2.46. The van der Waals surface area contributed by atoms with Gasteiger partial charge in [0.1, 0.15) is 0 Å². The summed E-state index contributed by atoms with van der Waals surface area (Å²) in [4.78, 5) is 30.1. The molecule has 0 unspecified atom stereocenters. The molecule has 30 heavy (non-hydrogen) atoms. The van der Waals surface area contributed by atoms with Crippen molar-refractivity contribution in [3.8, 4) is 0 Å². The molecule has 0 bridgehead atoms. The smallest absolute Gasteiger partial charge is 0.255 e. The average Bonchev–Trinajstić information content (AvgIpc) is 2.74. The molecule has 1 atom stereocenters. The van der Waals surface area contributed by atoms with Crippen molar-refractivity contribution in [1.29, 1.82) is 0 Å². The van der Waals surface area contributed by atoms with Gasteiger partial charge in [0.25, 0.3) is 5.91 Å². The van der Waals surface area contributed by atoms with Gasteiger partial charge in [-0.15, -0.1) is 0 Å². The fraction of sp³-hybridized carbons (Fsp3) is 0.200. The van der Waals surface area contributed by atoms with Gasteiger partial charge in [-0.25, -0.2) is 0 Å². The third-order valence-electron chi connectivity index (χ3n) is 5.68. The zero-order chi connectivity index (χ0) is 21.3. The maximum absolute atomic E-state index is 13.7. The average molecular weight is 399 g/mol. The lowest BCUT2D eigenvalue weighted by atomic mass is 9.76. The Kier molecular flexibility index (Phi) is 5.04. The van der Waals surface area contributed by atoms with E-state index in [1.807, 2.05) is 105 Å².